The first kappa shape index (κ1) is 6.91. The maximum absolute atomic E-state index is 4.99. The minimum absolute atomic E-state index is 0.723. The Hall–Kier alpha value is -0.0900. The summed E-state index contributed by atoms with van der Waals surface area (Å²) in [6, 6.07) is 0. The fraction of sp³-hybridized carbons (Fsp3) is 0.667. The summed E-state index contributed by atoms with van der Waals surface area (Å²) in [6.07, 6.45) is 4.99. The summed E-state index contributed by atoms with van der Waals surface area (Å²) in [6.45, 7) is 4.31. The molecule has 0 aliphatic heterocycles. The van der Waals surface area contributed by atoms with E-state index in [2.05, 4.69) is 19.1 Å². The molecule has 0 rings (SSSR count). The van der Waals surface area contributed by atoms with Crippen molar-refractivity contribution in [1.29, 1.82) is 0 Å². The van der Waals surface area contributed by atoms with Crippen LogP contribution in [-0.4, -0.2) is 5.75 Å². The van der Waals surface area contributed by atoms with Crippen LogP contribution in [0.4, 0.5) is 0 Å². The van der Waals surface area contributed by atoms with Gasteiger partial charge >= 0.3 is 0 Å². The number of hydrogen-bond donors (Lipinski definition) is 0. The third kappa shape index (κ3) is 5.91. The first-order valence-electron chi connectivity index (χ1n) is 2.34. The van der Waals surface area contributed by atoms with Crippen LogP contribution in [0.25, 0.3) is 0 Å². The molecule has 0 spiro atoms. The van der Waals surface area contributed by atoms with E-state index in [9.17, 15) is 0 Å². The summed E-state index contributed by atoms with van der Waals surface area (Å²) < 4.78 is 0. The van der Waals surface area contributed by atoms with Gasteiger partial charge in [0.05, 0.1) is 0 Å². The second-order valence-electron chi connectivity index (χ2n) is 1.82. The largest absolute Gasteiger partial charge is 0.108 e. The summed E-state index contributed by atoms with van der Waals surface area (Å²) in [4.78, 5) is 0. The van der Waals surface area contributed by atoms with Crippen LogP contribution in [0, 0.1) is 17.6 Å². The zero-order valence-corrected chi connectivity index (χ0v) is 5.59. The summed E-state index contributed by atoms with van der Waals surface area (Å²) in [5, 5.41) is 2.52. The molecule has 0 aliphatic carbocycles. The van der Waals surface area contributed by atoms with Crippen molar-refractivity contribution in [3.8, 4) is 11.7 Å². The van der Waals surface area contributed by atoms with E-state index in [4.69, 9.17) is 6.42 Å². The minimum Gasteiger partial charge on any atom is -0.108 e. The van der Waals surface area contributed by atoms with Crippen molar-refractivity contribution in [3.05, 3.63) is 0 Å². The van der Waals surface area contributed by atoms with Crippen molar-refractivity contribution in [2.75, 3.05) is 5.75 Å². The topological polar surface area (TPSA) is 0 Å². The van der Waals surface area contributed by atoms with Crippen molar-refractivity contribution < 1.29 is 0 Å². The Labute approximate surface area is 49.7 Å². The quantitative estimate of drug-likeness (QED) is 0.494. The van der Waals surface area contributed by atoms with Crippen LogP contribution in [0.1, 0.15) is 13.8 Å². The monoisotopic (exact) mass is 114 g/mol. The minimum atomic E-state index is 0.723. The average molecular weight is 114 g/mol. The third-order valence-electron chi connectivity index (χ3n) is 0.500. The molecule has 0 bridgehead atoms. The van der Waals surface area contributed by atoms with E-state index in [0.717, 1.165) is 11.7 Å². The fourth-order valence-electron chi connectivity index (χ4n) is 0.215. The molecule has 0 nitrogen and oxygen atoms in total. The summed E-state index contributed by atoms with van der Waals surface area (Å²) in [5.74, 6) is 1.80. The smallest absolute Gasteiger partial charge is 0.00797 e. The van der Waals surface area contributed by atoms with E-state index in [1.807, 2.05) is 0 Å². The lowest BCUT2D eigenvalue weighted by molar-refractivity contribution is 0.752. The van der Waals surface area contributed by atoms with Crippen LogP contribution in [0.15, 0.2) is 0 Å². The zero-order valence-electron chi connectivity index (χ0n) is 4.77. The van der Waals surface area contributed by atoms with Gasteiger partial charge in [-0.2, -0.15) is 0 Å². The lowest BCUT2D eigenvalue weighted by Crippen LogP contribution is -1.87. The standard InChI is InChI=1S/C6H10S/c1-4-7-5-6(2)3/h1,6H,5H2,2-3H3. The highest BCUT2D eigenvalue weighted by Gasteiger charge is 1.88. The molecular weight excluding hydrogens is 104 g/mol. The Morgan fingerprint density at radius 2 is 2.29 bits per heavy atom. The maximum Gasteiger partial charge on any atom is 0.00797 e. The van der Waals surface area contributed by atoms with Gasteiger partial charge in [-0.1, -0.05) is 25.6 Å². The Bertz CT molecular complexity index is 68.7. The third-order valence-corrected chi connectivity index (χ3v) is 1.50. The summed E-state index contributed by atoms with van der Waals surface area (Å²) in [5.41, 5.74) is 0. The van der Waals surface area contributed by atoms with Gasteiger partial charge in [-0.15, -0.1) is 6.42 Å². The van der Waals surface area contributed by atoms with Gasteiger partial charge in [0, 0.05) is 5.75 Å². The molecule has 0 fully saturated rings. The fourth-order valence-corrected chi connectivity index (χ4v) is 0.644. The Morgan fingerprint density at radius 1 is 1.71 bits per heavy atom. The number of hydrogen-bond acceptors (Lipinski definition) is 1. The predicted octanol–water partition coefficient (Wildman–Crippen LogP) is 1.97. The second kappa shape index (κ2) is 4.08. The highest BCUT2D eigenvalue weighted by molar-refractivity contribution is 8.03. The van der Waals surface area contributed by atoms with E-state index < -0.39 is 0 Å². The van der Waals surface area contributed by atoms with Gasteiger partial charge in [-0.05, 0) is 11.2 Å². The molecule has 0 heterocycles. The van der Waals surface area contributed by atoms with Crippen molar-refractivity contribution >= 4 is 11.8 Å². The van der Waals surface area contributed by atoms with Gasteiger partial charge in [0.15, 0.2) is 0 Å². The number of rotatable bonds is 2. The molecule has 0 N–H and O–H groups in total. The van der Waals surface area contributed by atoms with Crippen LogP contribution in [0.2, 0.25) is 0 Å². The first-order chi connectivity index (χ1) is 3.27. The molecule has 40 valence electrons. The summed E-state index contributed by atoms with van der Waals surface area (Å²) in [7, 11) is 0. The van der Waals surface area contributed by atoms with Crippen molar-refractivity contribution in [3.63, 3.8) is 0 Å². The van der Waals surface area contributed by atoms with Gasteiger partial charge < -0.3 is 0 Å². The average Bonchev–Trinajstić information content (AvgIpc) is 1.61. The van der Waals surface area contributed by atoms with E-state index in [1.54, 1.807) is 11.8 Å². The maximum atomic E-state index is 4.99. The van der Waals surface area contributed by atoms with Crippen LogP contribution in [-0.2, 0) is 0 Å². The lowest BCUT2D eigenvalue weighted by Gasteiger charge is -1.95. The van der Waals surface area contributed by atoms with Crippen LogP contribution in [0.5, 0.6) is 0 Å². The molecule has 0 atom stereocenters. The van der Waals surface area contributed by atoms with Gasteiger partial charge in [0.1, 0.15) is 0 Å². The first-order valence-corrected chi connectivity index (χ1v) is 3.33. The predicted molar refractivity (Wildman–Crippen MR) is 36.1 cm³/mol. The molecule has 0 aliphatic rings. The molecule has 0 radical (unpaired) electrons. The van der Waals surface area contributed by atoms with Gasteiger partial charge in [-0.3, -0.25) is 0 Å². The molecule has 0 aromatic carbocycles. The summed E-state index contributed by atoms with van der Waals surface area (Å²) >= 11 is 1.54. The highest BCUT2D eigenvalue weighted by Crippen LogP contribution is 2.03. The molecule has 0 saturated carbocycles. The van der Waals surface area contributed by atoms with E-state index in [1.165, 1.54) is 0 Å². The molecule has 0 aromatic heterocycles. The Morgan fingerprint density at radius 3 is 2.43 bits per heavy atom. The molecule has 0 saturated heterocycles. The van der Waals surface area contributed by atoms with Gasteiger partial charge in [0.2, 0.25) is 0 Å². The SMILES string of the molecule is C#CSCC(C)C. The zero-order chi connectivity index (χ0) is 5.70. The van der Waals surface area contributed by atoms with Crippen molar-refractivity contribution in [2.45, 2.75) is 13.8 Å². The molecule has 7 heavy (non-hydrogen) atoms. The molecule has 1 heteroatoms. The van der Waals surface area contributed by atoms with Gasteiger partial charge in [-0.25, -0.2) is 0 Å². The highest BCUT2D eigenvalue weighted by atomic mass is 32.2. The van der Waals surface area contributed by atoms with Crippen LogP contribution in [0.3, 0.4) is 0 Å². The van der Waals surface area contributed by atoms with Crippen molar-refractivity contribution in [2.24, 2.45) is 5.92 Å². The van der Waals surface area contributed by atoms with Crippen LogP contribution >= 0.6 is 11.8 Å². The normalized spacial score (nSPS) is 8.86. The van der Waals surface area contributed by atoms with E-state index >= 15 is 0 Å². The van der Waals surface area contributed by atoms with Crippen LogP contribution < -0.4 is 0 Å². The second-order valence-corrected chi connectivity index (χ2v) is 2.68. The number of thioether (sulfide) groups is 1. The van der Waals surface area contributed by atoms with E-state index in [0.29, 0.717) is 0 Å². The number of terminal acetylenes is 1. The van der Waals surface area contributed by atoms with E-state index in [-0.39, 0.29) is 0 Å². The van der Waals surface area contributed by atoms with Gasteiger partial charge in [0.25, 0.3) is 0 Å². The molecule has 0 amide bonds. The Kier molecular flexibility index (Phi) is 4.03. The molecule has 0 aromatic rings. The lowest BCUT2D eigenvalue weighted by atomic mass is 10.3. The van der Waals surface area contributed by atoms with Crippen molar-refractivity contribution in [1.82, 2.24) is 0 Å². The molecule has 0 unspecified atom stereocenters. The molecular formula is C6H10S. The Balaban J connectivity index is 2.86.